The van der Waals surface area contributed by atoms with E-state index in [2.05, 4.69) is 20.6 Å². The monoisotopic (exact) mass is 593 g/mol. The number of thiophene rings is 2. The van der Waals surface area contributed by atoms with Crippen LogP contribution in [0.3, 0.4) is 0 Å². The maximum Gasteiger partial charge on any atom is 0.412 e. The summed E-state index contributed by atoms with van der Waals surface area (Å²) in [7, 11) is 0. The number of rotatable bonds is 2. The van der Waals surface area contributed by atoms with Gasteiger partial charge in [-0.05, 0) is 59.7 Å². The molecule has 0 aliphatic heterocycles. The van der Waals surface area contributed by atoms with Gasteiger partial charge in [0.05, 0.1) is 10.6 Å². The predicted octanol–water partition coefficient (Wildman–Crippen LogP) is 8.47. The van der Waals surface area contributed by atoms with Crippen molar-refractivity contribution >= 4 is 88.2 Å². The minimum Gasteiger partial charge on any atom is -0.444 e. The molecule has 0 atom stereocenters. The molecule has 13 heteroatoms. The van der Waals surface area contributed by atoms with Crippen LogP contribution in [0.1, 0.15) is 47.1 Å². The first-order valence-electron chi connectivity index (χ1n) is 11.2. The van der Waals surface area contributed by atoms with Gasteiger partial charge in [0.2, 0.25) is 0 Å². The summed E-state index contributed by atoms with van der Waals surface area (Å²) in [6.07, 6.45) is 2.11. The highest BCUT2D eigenvalue weighted by molar-refractivity contribution is 7.23. The van der Waals surface area contributed by atoms with Crippen LogP contribution < -0.4 is 10.6 Å². The summed E-state index contributed by atoms with van der Waals surface area (Å²) in [5.74, 6) is 0. The lowest BCUT2D eigenvalue weighted by Gasteiger charge is -2.19. The lowest BCUT2D eigenvalue weighted by Crippen LogP contribution is -2.27. The van der Waals surface area contributed by atoms with Crippen molar-refractivity contribution in [2.75, 3.05) is 10.6 Å². The van der Waals surface area contributed by atoms with E-state index in [1.807, 2.05) is 32.9 Å². The van der Waals surface area contributed by atoms with Crippen molar-refractivity contribution in [1.29, 1.82) is 5.26 Å². The van der Waals surface area contributed by atoms with Gasteiger partial charge < -0.3 is 9.47 Å². The fraction of sp³-hybridized carbons (Fsp3) is 0.320. The summed E-state index contributed by atoms with van der Waals surface area (Å²) in [6, 6.07) is 7.43. The van der Waals surface area contributed by atoms with Gasteiger partial charge in [0.15, 0.2) is 0 Å². The number of nitrogens with zero attached hydrogens (tertiary/aromatic N) is 3. The Morgan fingerprint density at radius 2 is 1.45 bits per heavy atom. The molecule has 9 nitrogen and oxygen atoms in total. The van der Waals surface area contributed by atoms with Gasteiger partial charge in [0, 0.05) is 32.6 Å². The van der Waals surface area contributed by atoms with E-state index in [-0.39, 0.29) is 5.15 Å². The van der Waals surface area contributed by atoms with Crippen LogP contribution in [0.4, 0.5) is 19.6 Å². The number of fused-ring (bicyclic) bond motifs is 2. The second kappa shape index (κ2) is 11.7. The first kappa shape index (κ1) is 29.4. The third-order valence-electron chi connectivity index (χ3n) is 4.30. The van der Waals surface area contributed by atoms with Crippen molar-refractivity contribution in [2.45, 2.75) is 52.7 Å². The molecule has 4 aromatic heterocycles. The Balaban J connectivity index is 0.000000212. The zero-order valence-electron chi connectivity index (χ0n) is 21.4. The summed E-state index contributed by atoms with van der Waals surface area (Å²) < 4.78 is 12.1. The number of anilines is 2. The first-order chi connectivity index (χ1) is 17.7. The van der Waals surface area contributed by atoms with Crippen LogP contribution >= 0.6 is 45.9 Å². The van der Waals surface area contributed by atoms with E-state index >= 15 is 0 Å². The fourth-order valence-electron chi connectivity index (χ4n) is 2.99. The van der Waals surface area contributed by atoms with Crippen molar-refractivity contribution < 1.29 is 19.1 Å². The highest BCUT2D eigenvalue weighted by Gasteiger charge is 2.21. The van der Waals surface area contributed by atoms with Gasteiger partial charge in [-0.1, -0.05) is 23.2 Å². The summed E-state index contributed by atoms with van der Waals surface area (Å²) >= 11 is 14.7. The van der Waals surface area contributed by atoms with Crippen molar-refractivity contribution in [2.24, 2.45) is 0 Å². The molecular formula is C25H25Cl2N5O4S2. The molecule has 4 aromatic rings. The molecule has 0 aromatic carbocycles. The molecule has 4 rings (SSSR count). The van der Waals surface area contributed by atoms with E-state index in [4.69, 9.17) is 32.7 Å². The summed E-state index contributed by atoms with van der Waals surface area (Å²) in [5.41, 5.74) is -0.818. The van der Waals surface area contributed by atoms with E-state index in [9.17, 15) is 14.9 Å². The Morgan fingerprint density at radius 3 is 2.00 bits per heavy atom. The van der Waals surface area contributed by atoms with Crippen LogP contribution in [0.5, 0.6) is 0 Å². The van der Waals surface area contributed by atoms with Crippen LogP contribution in [-0.2, 0) is 9.47 Å². The van der Waals surface area contributed by atoms with Crippen LogP contribution in [0, 0.1) is 11.3 Å². The number of carbonyl (C=O) groups is 2. The highest BCUT2D eigenvalue weighted by Crippen LogP contribution is 2.38. The predicted molar refractivity (Wildman–Crippen MR) is 154 cm³/mol. The average Bonchev–Trinajstić information content (AvgIpc) is 3.33. The second-order valence-electron chi connectivity index (χ2n) is 9.77. The summed E-state index contributed by atoms with van der Waals surface area (Å²) in [4.78, 5) is 31.3. The van der Waals surface area contributed by atoms with Gasteiger partial charge in [-0.25, -0.2) is 19.6 Å². The van der Waals surface area contributed by atoms with E-state index in [0.717, 1.165) is 14.8 Å². The van der Waals surface area contributed by atoms with Gasteiger partial charge in [0.25, 0.3) is 0 Å². The van der Waals surface area contributed by atoms with Gasteiger partial charge in [-0.3, -0.25) is 10.6 Å². The van der Waals surface area contributed by atoms with Gasteiger partial charge >= 0.3 is 12.2 Å². The van der Waals surface area contributed by atoms with Gasteiger partial charge in [0.1, 0.15) is 32.6 Å². The lowest BCUT2D eigenvalue weighted by molar-refractivity contribution is 0.0625. The topological polar surface area (TPSA) is 126 Å². The molecule has 0 aliphatic rings. The maximum atomic E-state index is 11.8. The van der Waals surface area contributed by atoms with Crippen molar-refractivity contribution in [1.82, 2.24) is 9.97 Å². The Morgan fingerprint density at radius 1 is 0.895 bits per heavy atom. The smallest absolute Gasteiger partial charge is 0.412 e. The number of carbonyl (C=O) groups excluding carboxylic acids is 2. The molecule has 0 radical (unpaired) electrons. The molecule has 0 aliphatic carbocycles. The third-order valence-corrected chi connectivity index (χ3v) is 6.98. The minimum atomic E-state index is -0.607. The second-order valence-corrected chi connectivity index (χ2v) is 12.6. The number of nitrogens with one attached hydrogen (secondary N) is 2. The number of halogens is 2. The SMILES string of the molecule is CC(C)(C)OC(=O)Nc1cc2c(Cl)nccc2s1.CC(C)(C)OC(=O)Nc1sc2ccnc(Cl)c2c1C#N. The molecule has 0 saturated heterocycles. The molecule has 2 amide bonds. The third kappa shape index (κ3) is 7.91. The van der Waals surface area contributed by atoms with Crippen LogP contribution in [-0.4, -0.2) is 33.4 Å². The van der Waals surface area contributed by atoms with Crippen molar-refractivity contribution in [3.8, 4) is 6.07 Å². The number of amides is 2. The van der Waals surface area contributed by atoms with E-state index in [1.165, 1.54) is 22.7 Å². The molecule has 0 fully saturated rings. The number of hydrogen-bond acceptors (Lipinski definition) is 9. The fourth-order valence-corrected chi connectivity index (χ4v) is 5.55. The Hall–Kier alpha value is -3.17. The van der Waals surface area contributed by atoms with Gasteiger partial charge in [-0.15, -0.1) is 22.7 Å². The normalized spacial score (nSPS) is 11.3. The number of hydrogen-bond donors (Lipinski definition) is 2. The van der Waals surface area contributed by atoms with Crippen molar-refractivity contribution in [3.05, 3.63) is 46.5 Å². The number of aromatic nitrogens is 2. The zero-order valence-corrected chi connectivity index (χ0v) is 24.6. The highest BCUT2D eigenvalue weighted by atomic mass is 35.5. The number of nitriles is 1. The van der Waals surface area contributed by atoms with E-state index < -0.39 is 23.4 Å². The lowest BCUT2D eigenvalue weighted by atomic mass is 10.2. The molecule has 0 saturated carbocycles. The molecule has 200 valence electrons. The van der Waals surface area contributed by atoms with Crippen LogP contribution in [0.2, 0.25) is 10.3 Å². The summed E-state index contributed by atoms with van der Waals surface area (Å²) in [6.45, 7) is 10.8. The molecule has 38 heavy (non-hydrogen) atoms. The molecule has 0 spiro atoms. The Kier molecular flexibility index (Phi) is 9.05. The molecule has 0 unspecified atom stereocenters. The molecular weight excluding hydrogens is 569 g/mol. The van der Waals surface area contributed by atoms with Crippen LogP contribution in [0.15, 0.2) is 30.6 Å². The van der Waals surface area contributed by atoms with Gasteiger partial charge in [-0.2, -0.15) is 5.26 Å². The number of pyridine rings is 2. The zero-order chi connectivity index (χ0) is 28.3. The first-order valence-corrected chi connectivity index (χ1v) is 13.6. The standard InChI is InChI=1S/C13H12ClN3O2S.C12H13ClN2O2S/c1-13(2,3)19-12(18)17-11-7(6-15)9-8(20-11)4-5-16-10(9)14;1-12(2,3)17-11(16)15-9-6-7-8(18-9)4-5-14-10(7)13/h4-5H,1-3H3,(H,17,18);4-6H,1-3H3,(H,15,16). The summed E-state index contributed by atoms with van der Waals surface area (Å²) in [5, 5.41) is 17.7. The Bertz CT molecular complexity index is 1530. The molecule has 4 heterocycles. The largest absolute Gasteiger partial charge is 0.444 e. The van der Waals surface area contributed by atoms with Crippen molar-refractivity contribution in [3.63, 3.8) is 0 Å². The molecule has 2 N–H and O–H groups in total. The quantitative estimate of drug-likeness (QED) is 0.223. The molecule has 0 bridgehead atoms. The number of ether oxygens (including phenoxy) is 2. The van der Waals surface area contributed by atoms with Crippen LogP contribution in [0.25, 0.3) is 20.2 Å². The van der Waals surface area contributed by atoms with E-state index in [1.54, 1.807) is 45.3 Å². The van der Waals surface area contributed by atoms with E-state index in [0.29, 0.717) is 26.1 Å². The maximum absolute atomic E-state index is 11.8. The minimum absolute atomic E-state index is 0.243. The Labute approximate surface area is 237 Å². The average molecular weight is 595 g/mol.